The number of sulfonamides is 1. The van der Waals surface area contributed by atoms with Gasteiger partial charge in [0.2, 0.25) is 0 Å². The summed E-state index contributed by atoms with van der Waals surface area (Å²) < 4.78 is 32.9. The van der Waals surface area contributed by atoms with Gasteiger partial charge in [0.15, 0.2) is 6.61 Å². The van der Waals surface area contributed by atoms with Crippen molar-refractivity contribution in [3.8, 4) is 5.75 Å². The van der Waals surface area contributed by atoms with Crippen LogP contribution in [0, 0.1) is 6.92 Å². The van der Waals surface area contributed by atoms with Crippen molar-refractivity contribution in [1.82, 2.24) is 0 Å². The zero-order valence-electron chi connectivity index (χ0n) is 15.6. The Morgan fingerprint density at radius 1 is 0.966 bits per heavy atom. The van der Waals surface area contributed by atoms with E-state index in [2.05, 4.69) is 10.0 Å². The molecule has 0 aliphatic carbocycles. The van der Waals surface area contributed by atoms with Gasteiger partial charge in [0.1, 0.15) is 5.75 Å². The molecule has 0 aliphatic rings. The van der Waals surface area contributed by atoms with Crippen LogP contribution in [0.5, 0.6) is 5.75 Å². The van der Waals surface area contributed by atoms with Gasteiger partial charge < -0.3 is 10.1 Å². The zero-order valence-corrected chi connectivity index (χ0v) is 17.1. The SMILES string of the molecule is Cc1cccc(NS(=O)(=O)c2ccc(NC(=O)COc3cccc(Cl)c3)cc2)c1. The van der Waals surface area contributed by atoms with Gasteiger partial charge in [0.25, 0.3) is 15.9 Å². The number of amides is 1. The molecular formula is C21H19ClN2O4S. The Morgan fingerprint density at radius 2 is 1.69 bits per heavy atom. The normalized spacial score (nSPS) is 11.0. The summed E-state index contributed by atoms with van der Waals surface area (Å²) in [6.07, 6.45) is 0. The molecule has 0 atom stereocenters. The first kappa shape index (κ1) is 20.7. The Labute approximate surface area is 174 Å². The number of halogens is 1. The molecule has 0 saturated heterocycles. The smallest absolute Gasteiger partial charge is 0.262 e. The highest BCUT2D eigenvalue weighted by molar-refractivity contribution is 7.92. The van der Waals surface area contributed by atoms with Gasteiger partial charge in [-0.2, -0.15) is 0 Å². The van der Waals surface area contributed by atoms with E-state index in [4.69, 9.17) is 16.3 Å². The maximum Gasteiger partial charge on any atom is 0.262 e. The third-order valence-corrected chi connectivity index (χ3v) is 5.52. The van der Waals surface area contributed by atoms with E-state index >= 15 is 0 Å². The predicted molar refractivity (Wildman–Crippen MR) is 114 cm³/mol. The maximum absolute atomic E-state index is 12.5. The first-order valence-corrected chi connectivity index (χ1v) is 10.6. The van der Waals surface area contributed by atoms with E-state index < -0.39 is 10.0 Å². The molecule has 0 fully saturated rings. The van der Waals surface area contributed by atoms with E-state index in [9.17, 15) is 13.2 Å². The van der Waals surface area contributed by atoms with Gasteiger partial charge in [0, 0.05) is 16.4 Å². The van der Waals surface area contributed by atoms with Crippen LogP contribution in [0.15, 0.2) is 77.7 Å². The summed E-state index contributed by atoms with van der Waals surface area (Å²) in [7, 11) is -3.73. The van der Waals surface area contributed by atoms with Crippen LogP contribution in [0.1, 0.15) is 5.56 Å². The van der Waals surface area contributed by atoms with Crippen molar-refractivity contribution < 1.29 is 17.9 Å². The third-order valence-electron chi connectivity index (χ3n) is 3.88. The van der Waals surface area contributed by atoms with Crippen LogP contribution in [-0.2, 0) is 14.8 Å². The molecule has 0 saturated carbocycles. The van der Waals surface area contributed by atoms with Crippen molar-refractivity contribution in [2.75, 3.05) is 16.6 Å². The molecule has 0 heterocycles. The Bertz CT molecular complexity index is 1120. The minimum absolute atomic E-state index is 0.0900. The second-order valence-electron chi connectivity index (χ2n) is 6.29. The van der Waals surface area contributed by atoms with Crippen LogP contribution < -0.4 is 14.8 Å². The second-order valence-corrected chi connectivity index (χ2v) is 8.41. The third kappa shape index (κ3) is 5.97. The van der Waals surface area contributed by atoms with E-state index in [-0.39, 0.29) is 17.4 Å². The largest absolute Gasteiger partial charge is 0.484 e. The number of rotatable bonds is 7. The summed E-state index contributed by atoms with van der Waals surface area (Å²) in [4.78, 5) is 12.1. The fourth-order valence-corrected chi connectivity index (χ4v) is 3.77. The number of ether oxygens (including phenoxy) is 1. The molecule has 3 aromatic carbocycles. The van der Waals surface area contributed by atoms with E-state index in [1.165, 1.54) is 24.3 Å². The van der Waals surface area contributed by atoms with Gasteiger partial charge in [-0.25, -0.2) is 8.42 Å². The molecule has 0 unspecified atom stereocenters. The van der Waals surface area contributed by atoms with Crippen molar-refractivity contribution in [2.24, 2.45) is 0 Å². The number of hydrogen-bond donors (Lipinski definition) is 2. The predicted octanol–water partition coefficient (Wildman–Crippen LogP) is 4.47. The van der Waals surface area contributed by atoms with E-state index in [0.29, 0.717) is 22.1 Å². The molecule has 6 nitrogen and oxygen atoms in total. The molecule has 8 heteroatoms. The van der Waals surface area contributed by atoms with Crippen LogP contribution in [0.2, 0.25) is 5.02 Å². The van der Waals surface area contributed by atoms with Crippen molar-refractivity contribution in [1.29, 1.82) is 0 Å². The lowest BCUT2D eigenvalue weighted by Gasteiger charge is -2.10. The van der Waals surface area contributed by atoms with Gasteiger partial charge in [0.05, 0.1) is 4.90 Å². The highest BCUT2D eigenvalue weighted by Gasteiger charge is 2.14. The molecule has 0 spiro atoms. The van der Waals surface area contributed by atoms with Crippen molar-refractivity contribution in [2.45, 2.75) is 11.8 Å². The summed E-state index contributed by atoms with van der Waals surface area (Å²) >= 11 is 5.87. The number of carbonyl (C=O) groups is 1. The molecule has 0 aromatic heterocycles. The highest BCUT2D eigenvalue weighted by Crippen LogP contribution is 2.20. The van der Waals surface area contributed by atoms with Gasteiger partial charge in [-0.1, -0.05) is 29.8 Å². The number of hydrogen-bond acceptors (Lipinski definition) is 4. The topological polar surface area (TPSA) is 84.5 Å². The molecule has 29 heavy (non-hydrogen) atoms. The van der Waals surface area contributed by atoms with Crippen molar-refractivity contribution in [3.05, 3.63) is 83.4 Å². The molecule has 0 aliphatic heterocycles. The van der Waals surface area contributed by atoms with E-state index in [1.54, 1.807) is 42.5 Å². The summed E-state index contributed by atoms with van der Waals surface area (Å²) in [5.74, 6) is 0.106. The van der Waals surface area contributed by atoms with Crippen molar-refractivity contribution in [3.63, 3.8) is 0 Å². The summed E-state index contributed by atoms with van der Waals surface area (Å²) in [6.45, 7) is 1.68. The number of carbonyl (C=O) groups excluding carboxylic acids is 1. The number of anilines is 2. The Hall–Kier alpha value is -3.03. The van der Waals surface area contributed by atoms with Crippen LogP contribution in [0.25, 0.3) is 0 Å². The molecule has 150 valence electrons. The maximum atomic E-state index is 12.5. The molecule has 1 amide bonds. The Morgan fingerprint density at radius 3 is 2.38 bits per heavy atom. The lowest BCUT2D eigenvalue weighted by Crippen LogP contribution is -2.20. The first-order chi connectivity index (χ1) is 13.8. The standard InChI is InChI=1S/C21H19ClN2O4S/c1-15-4-2-6-18(12-15)24-29(26,27)20-10-8-17(9-11-20)23-21(25)14-28-19-7-3-5-16(22)13-19/h2-13,24H,14H2,1H3,(H,23,25). The highest BCUT2D eigenvalue weighted by atomic mass is 35.5. The van der Waals surface area contributed by atoms with Gasteiger partial charge in [-0.3, -0.25) is 9.52 Å². The summed E-state index contributed by atoms with van der Waals surface area (Å²) in [5, 5.41) is 3.16. The molecule has 0 radical (unpaired) electrons. The van der Waals surface area contributed by atoms with Gasteiger partial charge in [-0.05, 0) is 67.1 Å². The number of nitrogens with one attached hydrogen (secondary N) is 2. The average Bonchev–Trinajstić information content (AvgIpc) is 2.67. The second kappa shape index (κ2) is 8.98. The first-order valence-electron chi connectivity index (χ1n) is 8.70. The summed E-state index contributed by atoms with van der Waals surface area (Å²) in [5.41, 5.74) is 1.89. The molecule has 3 aromatic rings. The van der Waals surface area contributed by atoms with Gasteiger partial charge in [-0.15, -0.1) is 0 Å². The monoisotopic (exact) mass is 430 g/mol. The quantitative estimate of drug-likeness (QED) is 0.579. The lowest BCUT2D eigenvalue weighted by atomic mass is 10.2. The van der Waals surface area contributed by atoms with Crippen molar-refractivity contribution >= 4 is 38.9 Å². The fraction of sp³-hybridized carbons (Fsp3) is 0.0952. The minimum atomic E-state index is -3.73. The lowest BCUT2D eigenvalue weighted by molar-refractivity contribution is -0.118. The van der Waals surface area contributed by atoms with Crippen LogP contribution >= 0.6 is 11.6 Å². The minimum Gasteiger partial charge on any atom is -0.484 e. The molecule has 2 N–H and O–H groups in total. The number of benzene rings is 3. The zero-order chi connectivity index (χ0) is 20.9. The molecule has 3 rings (SSSR count). The van der Waals surface area contributed by atoms with Crippen LogP contribution in [0.3, 0.4) is 0 Å². The van der Waals surface area contributed by atoms with Crippen LogP contribution in [-0.4, -0.2) is 20.9 Å². The van der Waals surface area contributed by atoms with Gasteiger partial charge >= 0.3 is 0 Å². The Balaban J connectivity index is 1.59. The molecular weight excluding hydrogens is 412 g/mol. The Kier molecular flexibility index (Phi) is 6.41. The van der Waals surface area contributed by atoms with E-state index in [1.807, 2.05) is 13.0 Å². The number of aryl methyl sites for hydroxylation is 1. The van der Waals surface area contributed by atoms with Crippen LogP contribution in [0.4, 0.5) is 11.4 Å². The average molecular weight is 431 g/mol. The van der Waals surface area contributed by atoms with E-state index in [0.717, 1.165) is 5.56 Å². The summed E-state index contributed by atoms with van der Waals surface area (Å²) in [6, 6.07) is 19.7. The molecule has 0 bridgehead atoms. The fourth-order valence-electron chi connectivity index (χ4n) is 2.54.